The van der Waals surface area contributed by atoms with E-state index < -0.39 is 6.61 Å². The van der Waals surface area contributed by atoms with Crippen molar-refractivity contribution in [2.24, 2.45) is 4.99 Å². The van der Waals surface area contributed by atoms with Gasteiger partial charge in [0.15, 0.2) is 17.5 Å². The van der Waals surface area contributed by atoms with Crippen molar-refractivity contribution < 1.29 is 18.3 Å². The molecule has 2 rings (SSSR count). The fourth-order valence-electron chi connectivity index (χ4n) is 2.49. The van der Waals surface area contributed by atoms with Crippen LogP contribution in [0, 0.1) is 0 Å². The van der Waals surface area contributed by atoms with Crippen molar-refractivity contribution in [1.29, 1.82) is 0 Å². The Labute approximate surface area is 197 Å². The second-order valence-electron chi connectivity index (χ2n) is 7.21. The largest absolute Gasteiger partial charge is 0.490 e. The minimum Gasteiger partial charge on any atom is -0.490 e. The van der Waals surface area contributed by atoms with Crippen LogP contribution in [0.5, 0.6) is 11.5 Å². The van der Waals surface area contributed by atoms with Gasteiger partial charge in [-0.3, -0.25) is 4.99 Å². The van der Waals surface area contributed by atoms with Gasteiger partial charge in [0.2, 0.25) is 0 Å². The SMILES string of the molecule is CCOc1cccc(CNC(=NC)NCc2nc(C(C)(C)C)cs2)c1OC(F)F.I. The molecule has 0 aliphatic heterocycles. The summed E-state index contributed by atoms with van der Waals surface area (Å²) in [5, 5.41) is 9.30. The predicted molar refractivity (Wildman–Crippen MR) is 128 cm³/mol. The van der Waals surface area contributed by atoms with E-state index in [9.17, 15) is 8.78 Å². The number of para-hydroxylation sites is 1. The van der Waals surface area contributed by atoms with E-state index >= 15 is 0 Å². The van der Waals surface area contributed by atoms with Gasteiger partial charge >= 0.3 is 6.61 Å². The second-order valence-corrected chi connectivity index (χ2v) is 8.15. The lowest BCUT2D eigenvalue weighted by atomic mass is 9.93. The normalized spacial score (nSPS) is 11.8. The highest BCUT2D eigenvalue weighted by Gasteiger charge is 2.18. The molecule has 2 aromatic rings. The molecule has 1 aromatic heterocycles. The number of nitrogens with zero attached hydrogens (tertiary/aromatic N) is 2. The Bertz CT molecular complexity index is 825. The minimum atomic E-state index is -2.94. The molecule has 0 fully saturated rings. The smallest absolute Gasteiger partial charge is 0.387 e. The molecule has 0 spiro atoms. The summed E-state index contributed by atoms with van der Waals surface area (Å²) in [4.78, 5) is 8.81. The zero-order valence-corrected chi connectivity index (χ0v) is 20.9. The Morgan fingerprint density at radius 2 is 1.93 bits per heavy atom. The fourth-order valence-corrected chi connectivity index (χ4v) is 3.45. The fraction of sp³-hybridized carbons (Fsp3) is 0.500. The Kier molecular flexibility index (Phi) is 10.7. The topological polar surface area (TPSA) is 67.8 Å². The lowest BCUT2D eigenvalue weighted by Gasteiger charge is -2.17. The van der Waals surface area contributed by atoms with Crippen LogP contribution in [0.1, 0.15) is 44.0 Å². The van der Waals surface area contributed by atoms with Gasteiger partial charge in [-0.25, -0.2) is 4.98 Å². The molecule has 30 heavy (non-hydrogen) atoms. The molecule has 0 atom stereocenters. The first-order valence-electron chi connectivity index (χ1n) is 9.33. The second kappa shape index (κ2) is 12.2. The van der Waals surface area contributed by atoms with Crippen molar-refractivity contribution in [1.82, 2.24) is 15.6 Å². The highest BCUT2D eigenvalue weighted by atomic mass is 127. The molecule has 2 N–H and O–H groups in total. The van der Waals surface area contributed by atoms with Gasteiger partial charge in [0, 0.05) is 30.0 Å². The van der Waals surface area contributed by atoms with Gasteiger partial charge in [-0.2, -0.15) is 8.78 Å². The van der Waals surface area contributed by atoms with E-state index in [-0.39, 0.29) is 47.4 Å². The van der Waals surface area contributed by atoms with Gasteiger partial charge in [-0.05, 0) is 13.0 Å². The molecular formula is C20H29F2IN4O2S. The maximum atomic E-state index is 12.8. The molecule has 0 saturated carbocycles. The minimum absolute atomic E-state index is 0. The molecule has 0 unspecified atom stereocenters. The third kappa shape index (κ3) is 7.86. The summed E-state index contributed by atoms with van der Waals surface area (Å²) in [7, 11) is 1.64. The summed E-state index contributed by atoms with van der Waals surface area (Å²) >= 11 is 1.58. The van der Waals surface area contributed by atoms with Gasteiger partial charge in [0.05, 0.1) is 18.8 Å². The van der Waals surface area contributed by atoms with Crippen LogP contribution in [0.3, 0.4) is 0 Å². The Morgan fingerprint density at radius 3 is 2.50 bits per heavy atom. The monoisotopic (exact) mass is 554 g/mol. The van der Waals surface area contributed by atoms with Crippen LogP contribution in [0.2, 0.25) is 0 Å². The van der Waals surface area contributed by atoms with Crippen LogP contribution >= 0.6 is 35.3 Å². The first-order valence-corrected chi connectivity index (χ1v) is 10.2. The molecule has 0 aliphatic carbocycles. The van der Waals surface area contributed by atoms with Crippen molar-refractivity contribution in [3.63, 3.8) is 0 Å². The summed E-state index contributed by atoms with van der Waals surface area (Å²) in [6, 6.07) is 5.05. The van der Waals surface area contributed by atoms with Crippen molar-refractivity contribution in [2.45, 2.75) is 52.8 Å². The number of nitrogens with one attached hydrogen (secondary N) is 2. The average molecular weight is 554 g/mol. The molecule has 0 aliphatic rings. The number of aromatic nitrogens is 1. The molecule has 0 saturated heterocycles. The number of ether oxygens (including phenoxy) is 2. The molecule has 0 radical (unpaired) electrons. The summed E-state index contributed by atoms with van der Waals surface area (Å²) in [5.74, 6) is 0.844. The Morgan fingerprint density at radius 1 is 1.23 bits per heavy atom. The number of aliphatic imine (C=N–C) groups is 1. The molecule has 0 bridgehead atoms. The summed E-state index contributed by atoms with van der Waals surface area (Å²) in [5.41, 5.74) is 1.59. The molecule has 6 nitrogen and oxygen atoms in total. The van der Waals surface area contributed by atoms with E-state index in [2.05, 4.69) is 46.8 Å². The first-order chi connectivity index (χ1) is 13.7. The summed E-state index contributed by atoms with van der Waals surface area (Å²) in [6.07, 6.45) is 0. The van der Waals surface area contributed by atoms with Gasteiger partial charge in [0.1, 0.15) is 5.01 Å². The van der Waals surface area contributed by atoms with E-state index in [1.165, 1.54) is 0 Å². The molecule has 0 amide bonds. The molecule has 10 heteroatoms. The number of hydrogen-bond acceptors (Lipinski definition) is 5. The highest BCUT2D eigenvalue weighted by molar-refractivity contribution is 14.0. The maximum Gasteiger partial charge on any atom is 0.387 e. The lowest BCUT2D eigenvalue weighted by molar-refractivity contribution is -0.0520. The zero-order valence-electron chi connectivity index (χ0n) is 17.8. The van der Waals surface area contributed by atoms with Crippen LogP contribution < -0.4 is 20.1 Å². The van der Waals surface area contributed by atoms with Crippen LogP contribution in [0.4, 0.5) is 8.78 Å². The van der Waals surface area contributed by atoms with E-state index in [4.69, 9.17) is 9.47 Å². The van der Waals surface area contributed by atoms with E-state index in [1.54, 1.807) is 43.5 Å². The standard InChI is InChI=1S/C20H28F2N4O2S.HI/c1-6-27-14-9-7-8-13(17(14)28-18(21)22)10-24-19(23-5)25-11-16-26-15(12-29-16)20(2,3)4;/h7-9,12,18H,6,10-11H2,1-5H3,(H2,23,24,25);1H. The van der Waals surface area contributed by atoms with Gasteiger partial charge in [0.25, 0.3) is 0 Å². The van der Waals surface area contributed by atoms with E-state index in [0.717, 1.165) is 10.7 Å². The number of rotatable bonds is 8. The Balaban J connectivity index is 0.00000450. The van der Waals surface area contributed by atoms with Crippen molar-refractivity contribution >= 4 is 41.3 Å². The third-order valence-electron chi connectivity index (χ3n) is 3.96. The van der Waals surface area contributed by atoms with Crippen molar-refractivity contribution in [2.75, 3.05) is 13.7 Å². The first kappa shape index (κ1) is 26.3. The predicted octanol–water partition coefficient (Wildman–Crippen LogP) is 4.92. The molecular weight excluding hydrogens is 525 g/mol. The lowest BCUT2D eigenvalue weighted by Crippen LogP contribution is -2.36. The number of thiazole rings is 1. The van der Waals surface area contributed by atoms with E-state index in [1.807, 2.05) is 0 Å². The van der Waals surface area contributed by atoms with Crippen molar-refractivity contribution in [3.8, 4) is 11.5 Å². The number of alkyl halides is 2. The highest BCUT2D eigenvalue weighted by Crippen LogP contribution is 2.32. The quantitative estimate of drug-likeness (QED) is 0.276. The molecule has 168 valence electrons. The number of halogens is 3. The van der Waals surface area contributed by atoms with Crippen LogP contribution in [-0.2, 0) is 18.5 Å². The van der Waals surface area contributed by atoms with Gasteiger partial charge < -0.3 is 20.1 Å². The number of guanidine groups is 1. The van der Waals surface area contributed by atoms with Gasteiger partial charge in [-0.1, -0.05) is 32.9 Å². The average Bonchev–Trinajstić information content (AvgIpc) is 3.13. The summed E-state index contributed by atoms with van der Waals surface area (Å²) in [6.45, 7) is 6.32. The maximum absolute atomic E-state index is 12.8. The Hall–Kier alpha value is -1.69. The van der Waals surface area contributed by atoms with Crippen LogP contribution in [0.15, 0.2) is 28.6 Å². The van der Waals surface area contributed by atoms with Crippen LogP contribution in [0.25, 0.3) is 0 Å². The third-order valence-corrected chi connectivity index (χ3v) is 4.81. The van der Waals surface area contributed by atoms with Crippen LogP contribution in [-0.4, -0.2) is 31.2 Å². The van der Waals surface area contributed by atoms with E-state index in [0.29, 0.717) is 24.7 Å². The molecule has 1 heterocycles. The molecule has 1 aromatic carbocycles. The number of hydrogen-bond donors (Lipinski definition) is 2. The zero-order chi connectivity index (χ0) is 21.4. The van der Waals surface area contributed by atoms with Gasteiger partial charge in [-0.15, -0.1) is 35.3 Å². The summed E-state index contributed by atoms with van der Waals surface area (Å²) < 4.78 is 35.8. The van der Waals surface area contributed by atoms with Crippen molar-refractivity contribution in [3.05, 3.63) is 39.8 Å². The number of benzene rings is 1.